The largest absolute Gasteiger partial charge is 0.494 e. The third-order valence-corrected chi connectivity index (χ3v) is 15.3. The first-order valence-electron chi connectivity index (χ1n) is 17.6. The molecule has 0 saturated heterocycles. The van der Waals surface area contributed by atoms with Gasteiger partial charge < -0.3 is 23.1 Å². The number of hydrogen-bond acceptors (Lipinski definition) is 5. The van der Waals surface area contributed by atoms with E-state index in [9.17, 15) is 0 Å². The second-order valence-corrected chi connectivity index (χ2v) is 16.4. The third kappa shape index (κ3) is 8.14. The molecule has 0 heterocycles. The highest BCUT2D eigenvalue weighted by atomic mass is 28.4. The SMILES string of the molecule is CCOc1cccc([SiH](O[SiH](c2cccc(OCC)c2CC)c2cccc(OCC)c2CC)c2cccc(OCC)c2CC)c1CC. The van der Waals surface area contributed by atoms with E-state index in [2.05, 4.69) is 128 Å². The fraction of sp³-hybridized carbons (Fsp3) is 0.400. The summed E-state index contributed by atoms with van der Waals surface area (Å²) in [6.07, 6.45) is 3.43. The van der Waals surface area contributed by atoms with Gasteiger partial charge in [0, 0.05) is 0 Å². The van der Waals surface area contributed by atoms with E-state index in [0.29, 0.717) is 26.4 Å². The minimum absolute atomic E-state index is 0.620. The zero-order valence-corrected chi connectivity index (χ0v) is 32.1. The molecule has 0 fully saturated rings. The average molecular weight is 671 g/mol. The number of rotatable bonds is 18. The van der Waals surface area contributed by atoms with Crippen LogP contribution in [0, 0.1) is 0 Å². The summed E-state index contributed by atoms with van der Waals surface area (Å²) in [4.78, 5) is 0. The summed E-state index contributed by atoms with van der Waals surface area (Å²) in [6.45, 7) is 19.6. The lowest BCUT2D eigenvalue weighted by Crippen LogP contribution is -2.58. The lowest BCUT2D eigenvalue weighted by molar-refractivity contribution is 0.337. The van der Waals surface area contributed by atoms with Crippen LogP contribution < -0.4 is 39.7 Å². The molecule has 4 rings (SSSR count). The molecule has 0 spiro atoms. The van der Waals surface area contributed by atoms with Gasteiger partial charge in [0.25, 0.3) is 0 Å². The summed E-state index contributed by atoms with van der Waals surface area (Å²) < 4.78 is 32.9. The van der Waals surface area contributed by atoms with E-state index in [1.165, 1.54) is 43.0 Å². The van der Waals surface area contributed by atoms with Crippen LogP contribution in [0.2, 0.25) is 0 Å². The van der Waals surface area contributed by atoms with Crippen LogP contribution in [0.15, 0.2) is 72.8 Å². The number of benzene rings is 4. The average Bonchev–Trinajstić information content (AvgIpc) is 3.09. The normalized spacial score (nSPS) is 11.3. The Morgan fingerprint density at radius 2 is 0.596 bits per heavy atom. The standard InChI is InChI=1S/C40H54O5Si2/c1-9-29-33(41-13-5)21-17-25-37(29)46(38-26-18-22-34(42-14-6)30(38)10-2)45-47(39-27-19-23-35(43-15-7)31(39)11-3)40-28-20-24-36(44-16-8)32(40)12-4/h17-28,46-47H,9-16H2,1-8H3. The molecular formula is C40H54O5Si2. The summed E-state index contributed by atoms with van der Waals surface area (Å²) in [5.74, 6) is 3.80. The van der Waals surface area contributed by atoms with Crippen LogP contribution in [0.1, 0.15) is 77.6 Å². The van der Waals surface area contributed by atoms with E-state index >= 15 is 0 Å². The van der Waals surface area contributed by atoms with Gasteiger partial charge in [0.05, 0.1) is 26.4 Å². The number of hydrogen-bond donors (Lipinski definition) is 0. The Bertz CT molecular complexity index is 1360. The highest BCUT2D eigenvalue weighted by Gasteiger charge is 2.33. The van der Waals surface area contributed by atoms with E-state index in [1.54, 1.807) is 0 Å². The molecule has 0 unspecified atom stereocenters. The van der Waals surface area contributed by atoms with Crippen LogP contribution in [-0.2, 0) is 29.8 Å². The zero-order valence-electron chi connectivity index (χ0n) is 29.8. The first kappa shape index (κ1) is 36.3. The van der Waals surface area contributed by atoms with Crippen LogP contribution in [0.3, 0.4) is 0 Å². The van der Waals surface area contributed by atoms with Crippen LogP contribution in [0.4, 0.5) is 0 Å². The van der Waals surface area contributed by atoms with Crippen LogP contribution >= 0.6 is 0 Å². The van der Waals surface area contributed by atoms with Crippen molar-refractivity contribution < 1.29 is 23.1 Å². The van der Waals surface area contributed by atoms with E-state index in [4.69, 9.17) is 23.1 Å². The predicted octanol–water partition coefficient (Wildman–Crippen LogP) is 5.92. The molecule has 0 radical (unpaired) electrons. The molecule has 252 valence electrons. The van der Waals surface area contributed by atoms with Gasteiger partial charge in [-0.2, -0.15) is 0 Å². The molecule has 5 nitrogen and oxygen atoms in total. The van der Waals surface area contributed by atoms with Gasteiger partial charge in [-0.1, -0.05) is 76.2 Å². The van der Waals surface area contributed by atoms with Gasteiger partial charge in [0.15, 0.2) is 0 Å². The zero-order chi connectivity index (χ0) is 33.8. The fourth-order valence-electron chi connectivity index (χ4n) is 6.75. The second-order valence-electron chi connectivity index (χ2n) is 11.3. The van der Waals surface area contributed by atoms with Gasteiger partial charge in [0.1, 0.15) is 23.0 Å². The Labute approximate surface area is 286 Å². The van der Waals surface area contributed by atoms with Crippen molar-refractivity contribution >= 4 is 38.8 Å². The molecule has 0 bridgehead atoms. The highest BCUT2D eigenvalue weighted by molar-refractivity contribution is 6.92. The summed E-state index contributed by atoms with van der Waals surface area (Å²) in [5.41, 5.74) is 4.95. The molecule has 0 aliphatic heterocycles. The predicted molar refractivity (Wildman–Crippen MR) is 202 cm³/mol. The molecule has 0 amide bonds. The molecule has 7 heteroatoms. The summed E-state index contributed by atoms with van der Waals surface area (Å²) in [5, 5.41) is 5.10. The Kier molecular flexibility index (Phi) is 14.0. The van der Waals surface area contributed by atoms with E-state index in [0.717, 1.165) is 48.7 Å². The van der Waals surface area contributed by atoms with Crippen molar-refractivity contribution in [3.8, 4) is 23.0 Å². The summed E-state index contributed by atoms with van der Waals surface area (Å²) in [7, 11) is -4.75. The molecule has 4 aromatic carbocycles. The smallest absolute Gasteiger partial charge is 0.229 e. The van der Waals surface area contributed by atoms with Crippen molar-refractivity contribution in [3.05, 3.63) is 95.1 Å². The summed E-state index contributed by atoms with van der Waals surface area (Å²) >= 11 is 0. The van der Waals surface area contributed by atoms with Crippen molar-refractivity contribution in [1.82, 2.24) is 0 Å². The van der Waals surface area contributed by atoms with Crippen LogP contribution in [0.25, 0.3) is 0 Å². The van der Waals surface area contributed by atoms with Crippen molar-refractivity contribution in [1.29, 1.82) is 0 Å². The third-order valence-electron chi connectivity index (χ3n) is 8.69. The number of ether oxygens (including phenoxy) is 4. The molecule has 0 aromatic heterocycles. The van der Waals surface area contributed by atoms with Gasteiger partial charge in [-0.05, 0) is 121 Å². The van der Waals surface area contributed by atoms with E-state index in [1.807, 2.05) is 0 Å². The fourth-order valence-corrected chi connectivity index (χ4v) is 14.7. The molecule has 0 N–H and O–H groups in total. The lowest BCUT2D eigenvalue weighted by Gasteiger charge is -2.31. The quantitative estimate of drug-likeness (QED) is 0.123. The van der Waals surface area contributed by atoms with Gasteiger partial charge in [-0.25, -0.2) is 0 Å². The van der Waals surface area contributed by atoms with Crippen LogP contribution in [-0.4, -0.2) is 44.5 Å². The Hall–Kier alpha value is -3.53. The van der Waals surface area contributed by atoms with E-state index < -0.39 is 18.1 Å². The van der Waals surface area contributed by atoms with Crippen molar-refractivity contribution in [2.45, 2.75) is 81.1 Å². The second kappa shape index (κ2) is 18.1. The lowest BCUT2D eigenvalue weighted by atomic mass is 10.1. The molecule has 0 aliphatic rings. The van der Waals surface area contributed by atoms with Gasteiger partial charge in [0.2, 0.25) is 18.1 Å². The first-order chi connectivity index (χ1) is 23.0. The van der Waals surface area contributed by atoms with Gasteiger partial charge in [-0.15, -0.1) is 0 Å². The first-order valence-corrected chi connectivity index (χ1v) is 20.9. The maximum absolute atomic E-state index is 7.95. The van der Waals surface area contributed by atoms with Crippen molar-refractivity contribution in [2.24, 2.45) is 0 Å². The Morgan fingerprint density at radius 1 is 0.362 bits per heavy atom. The van der Waals surface area contributed by atoms with Crippen molar-refractivity contribution in [2.75, 3.05) is 26.4 Å². The minimum atomic E-state index is -2.37. The summed E-state index contributed by atoms with van der Waals surface area (Å²) in [6, 6.07) is 26.1. The van der Waals surface area contributed by atoms with Crippen molar-refractivity contribution in [3.63, 3.8) is 0 Å². The Balaban J connectivity index is 2.08. The molecule has 47 heavy (non-hydrogen) atoms. The maximum Gasteiger partial charge on any atom is 0.229 e. The molecular weight excluding hydrogens is 617 g/mol. The van der Waals surface area contributed by atoms with Crippen LogP contribution in [0.5, 0.6) is 23.0 Å². The maximum atomic E-state index is 7.95. The topological polar surface area (TPSA) is 46.2 Å². The Morgan fingerprint density at radius 3 is 0.787 bits per heavy atom. The molecule has 0 saturated carbocycles. The highest BCUT2D eigenvalue weighted by Crippen LogP contribution is 2.25. The monoisotopic (exact) mass is 670 g/mol. The molecule has 0 atom stereocenters. The van der Waals surface area contributed by atoms with Gasteiger partial charge >= 0.3 is 0 Å². The molecule has 4 aromatic rings. The molecule has 0 aliphatic carbocycles. The van der Waals surface area contributed by atoms with E-state index in [-0.39, 0.29) is 0 Å². The minimum Gasteiger partial charge on any atom is -0.494 e. The van der Waals surface area contributed by atoms with Gasteiger partial charge in [-0.3, -0.25) is 0 Å².